The van der Waals surface area contributed by atoms with E-state index in [-0.39, 0.29) is 11.1 Å². The van der Waals surface area contributed by atoms with Crippen LogP contribution < -0.4 is 10.1 Å². The van der Waals surface area contributed by atoms with Gasteiger partial charge >= 0.3 is 0 Å². The molecule has 0 saturated carbocycles. The first-order valence-corrected chi connectivity index (χ1v) is 7.72. The zero-order valence-electron chi connectivity index (χ0n) is 11.4. The Balaban J connectivity index is 2.34. The van der Waals surface area contributed by atoms with Crippen LogP contribution in [0.4, 0.5) is 10.1 Å². The van der Waals surface area contributed by atoms with Crippen molar-refractivity contribution in [3.8, 4) is 5.75 Å². The Hall–Kier alpha value is -0.970. The molecule has 0 aromatic heterocycles. The summed E-state index contributed by atoms with van der Waals surface area (Å²) in [6.07, 6.45) is 0. The Morgan fingerprint density at radius 2 is 1.95 bits per heavy atom. The summed E-state index contributed by atoms with van der Waals surface area (Å²) in [5, 5.41) is 3.69. The molecule has 2 rings (SSSR count). The number of methoxy groups -OCH3 is 1. The van der Waals surface area contributed by atoms with Crippen LogP contribution in [-0.2, 0) is 0 Å². The Kier molecular flexibility index (Phi) is 5.36. The summed E-state index contributed by atoms with van der Waals surface area (Å²) in [5.41, 5.74) is 1.33. The Bertz CT molecular complexity index is 666. The second kappa shape index (κ2) is 6.86. The summed E-state index contributed by atoms with van der Waals surface area (Å²) in [5.74, 6) is 0.221. The number of nitrogens with one attached hydrogen (secondary N) is 1. The second-order valence-corrected chi connectivity index (χ2v) is 6.11. The molecule has 1 unspecified atom stereocenters. The quantitative estimate of drug-likeness (QED) is 0.637. The van der Waals surface area contributed by atoms with Crippen LogP contribution in [-0.4, -0.2) is 7.11 Å². The SMILES string of the molecule is COc1ccc(Br)c(NC(C)c2c(Cl)ccc(F)c2Cl)c1. The molecule has 0 aliphatic heterocycles. The first-order chi connectivity index (χ1) is 9.93. The van der Waals surface area contributed by atoms with Gasteiger partial charge in [-0.3, -0.25) is 0 Å². The predicted octanol–water partition coefficient (Wildman–Crippen LogP) is 6.08. The molecule has 2 aromatic rings. The van der Waals surface area contributed by atoms with Gasteiger partial charge in [0, 0.05) is 21.1 Å². The van der Waals surface area contributed by atoms with Crippen molar-refractivity contribution in [2.75, 3.05) is 12.4 Å². The fourth-order valence-corrected chi connectivity index (χ4v) is 3.05. The lowest BCUT2D eigenvalue weighted by atomic mass is 10.1. The van der Waals surface area contributed by atoms with Crippen molar-refractivity contribution in [2.24, 2.45) is 0 Å². The highest BCUT2D eigenvalue weighted by Crippen LogP contribution is 2.36. The molecule has 0 aliphatic carbocycles. The molecule has 1 N–H and O–H groups in total. The van der Waals surface area contributed by atoms with Gasteiger partial charge in [0.05, 0.1) is 23.9 Å². The van der Waals surface area contributed by atoms with Crippen molar-refractivity contribution in [1.29, 1.82) is 0 Å². The molecule has 0 bridgehead atoms. The molecule has 2 nitrogen and oxygen atoms in total. The molecule has 0 spiro atoms. The van der Waals surface area contributed by atoms with Crippen molar-refractivity contribution in [2.45, 2.75) is 13.0 Å². The van der Waals surface area contributed by atoms with E-state index in [0.29, 0.717) is 16.3 Å². The molecule has 21 heavy (non-hydrogen) atoms. The third-order valence-electron chi connectivity index (χ3n) is 3.06. The fourth-order valence-electron chi connectivity index (χ4n) is 1.99. The van der Waals surface area contributed by atoms with Gasteiger partial charge in [0.2, 0.25) is 0 Å². The van der Waals surface area contributed by atoms with E-state index in [1.807, 2.05) is 25.1 Å². The Morgan fingerprint density at radius 1 is 1.24 bits per heavy atom. The van der Waals surface area contributed by atoms with E-state index < -0.39 is 5.82 Å². The number of ether oxygens (including phenoxy) is 1. The lowest BCUT2D eigenvalue weighted by Gasteiger charge is -2.20. The van der Waals surface area contributed by atoms with Gasteiger partial charge in [-0.1, -0.05) is 23.2 Å². The van der Waals surface area contributed by atoms with Crippen molar-refractivity contribution in [1.82, 2.24) is 0 Å². The molecule has 2 aromatic carbocycles. The predicted molar refractivity (Wildman–Crippen MR) is 89.2 cm³/mol. The van der Waals surface area contributed by atoms with E-state index in [9.17, 15) is 4.39 Å². The number of hydrogen-bond acceptors (Lipinski definition) is 2. The molecule has 0 aliphatic rings. The van der Waals surface area contributed by atoms with Gasteiger partial charge in [-0.2, -0.15) is 0 Å². The molecular formula is C15H13BrCl2FNO. The van der Waals surface area contributed by atoms with E-state index >= 15 is 0 Å². The largest absolute Gasteiger partial charge is 0.497 e. The zero-order chi connectivity index (χ0) is 15.6. The molecular weight excluding hydrogens is 380 g/mol. The summed E-state index contributed by atoms with van der Waals surface area (Å²) >= 11 is 15.6. The molecule has 0 amide bonds. The number of anilines is 1. The van der Waals surface area contributed by atoms with Crippen LogP contribution in [0.2, 0.25) is 10.0 Å². The van der Waals surface area contributed by atoms with Gasteiger partial charge < -0.3 is 10.1 Å². The monoisotopic (exact) mass is 391 g/mol. The van der Waals surface area contributed by atoms with Gasteiger partial charge in [0.25, 0.3) is 0 Å². The highest BCUT2D eigenvalue weighted by molar-refractivity contribution is 9.10. The summed E-state index contributed by atoms with van der Waals surface area (Å²) in [6, 6.07) is 8.01. The maximum atomic E-state index is 13.6. The number of hydrogen-bond donors (Lipinski definition) is 1. The van der Waals surface area contributed by atoms with Gasteiger partial charge in [-0.25, -0.2) is 4.39 Å². The van der Waals surface area contributed by atoms with Crippen LogP contribution >= 0.6 is 39.1 Å². The average molecular weight is 393 g/mol. The van der Waals surface area contributed by atoms with Crippen LogP contribution in [0.15, 0.2) is 34.8 Å². The smallest absolute Gasteiger partial charge is 0.142 e. The molecule has 0 fully saturated rings. The molecule has 112 valence electrons. The van der Waals surface area contributed by atoms with Crippen molar-refractivity contribution < 1.29 is 9.13 Å². The fraction of sp³-hybridized carbons (Fsp3) is 0.200. The minimum atomic E-state index is -0.491. The van der Waals surface area contributed by atoms with Crippen LogP contribution in [0.25, 0.3) is 0 Å². The third kappa shape index (κ3) is 3.62. The first-order valence-electron chi connectivity index (χ1n) is 6.17. The summed E-state index contributed by atoms with van der Waals surface area (Å²) in [4.78, 5) is 0. The normalized spacial score (nSPS) is 12.1. The summed E-state index contributed by atoms with van der Waals surface area (Å²) in [7, 11) is 1.59. The standard InChI is InChI=1S/C15H13BrCl2FNO/c1-8(14-11(17)5-6-12(19)15(14)18)20-13-7-9(21-2)3-4-10(13)16/h3-8,20H,1-2H3. The molecule has 0 saturated heterocycles. The van der Waals surface area contributed by atoms with Crippen molar-refractivity contribution >= 4 is 44.8 Å². The van der Waals surface area contributed by atoms with Crippen molar-refractivity contribution in [3.63, 3.8) is 0 Å². The van der Waals surface area contributed by atoms with Crippen LogP contribution in [0.5, 0.6) is 5.75 Å². The van der Waals surface area contributed by atoms with E-state index in [2.05, 4.69) is 21.2 Å². The number of halogens is 4. The van der Waals surface area contributed by atoms with Crippen LogP contribution in [0, 0.1) is 5.82 Å². The van der Waals surface area contributed by atoms with Gasteiger partial charge in [0.1, 0.15) is 11.6 Å². The minimum Gasteiger partial charge on any atom is -0.497 e. The lowest BCUT2D eigenvalue weighted by molar-refractivity contribution is 0.415. The van der Waals surface area contributed by atoms with Gasteiger partial charge in [-0.15, -0.1) is 0 Å². The topological polar surface area (TPSA) is 21.3 Å². The second-order valence-electron chi connectivity index (χ2n) is 4.47. The molecule has 0 heterocycles. The van der Waals surface area contributed by atoms with Crippen LogP contribution in [0.1, 0.15) is 18.5 Å². The average Bonchev–Trinajstić information content (AvgIpc) is 2.46. The number of rotatable bonds is 4. The van der Waals surface area contributed by atoms with Crippen molar-refractivity contribution in [3.05, 3.63) is 56.2 Å². The maximum Gasteiger partial charge on any atom is 0.142 e. The summed E-state index contributed by atoms with van der Waals surface area (Å²) in [6.45, 7) is 1.86. The Morgan fingerprint density at radius 3 is 2.62 bits per heavy atom. The lowest BCUT2D eigenvalue weighted by Crippen LogP contribution is -2.09. The first kappa shape index (κ1) is 16.4. The van der Waals surface area contributed by atoms with Crippen LogP contribution in [0.3, 0.4) is 0 Å². The molecule has 6 heteroatoms. The van der Waals surface area contributed by atoms with E-state index in [1.54, 1.807) is 7.11 Å². The van der Waals surface area contributed by atoms with Gasteiger partial charge in [0.15, 0.2) is 0 Å². The van der Waals surface area contributed by atoms with E-state index in [0.717, 1.165) is 10.2 Å². The van der Waals surface area contributed by atoms with Gasteiger partial charge in [-0.05, 0) is 47.1 Å². The van der Waals surface area contributed by atoms with E-state index in [1.165, 1.54) is 12.1 Å². The molecule has 1 atom stereocenters. The van der Waals surface area contributed by atoms with E-state index in [4.69, 9.17) is 27.9 Å². The highest BCUT2D eigenvalue weighted by Gasteiger charge is 2.18. The molecule has 0 radical (unpaired) electrons. The maximum absolute atomic E-state index is 13.6. The minimum absolute atomic E-state index is 0.0292. The highest BCUT2D eigenvalue weighted by atomic mass is 79.9. The Labute approximate surface area is 141 Å². The summed E-state index contributed by atoms with van der Waals surface area (Å²) < 4.78 is 19.7. The third-order valence-corrected chi connectivity index (χ3v) is 4.46. The zero-order valence-corrected chi connectivity index (χ0v) is 14.5. The number of benzene rings is 2.